The van der Waals surface area contributed by atoms with Crippen molar-refractivity contribution in [3.8, 4) is 0 Å². The standard InChI is InChI=1S/C23H30N6O3/c1-17(29-14-6-10-24-29)21(30)25-19-8-4-9-20(15-19)26-22(31)18-7-5-13-28(16-18)23(32)27-11-2-3-12-27/h4,6,8-10,14-15,17-18H,2-3,5,7,11-13,16H2,1H3,(H,25,30)(H,26,31)/t17-,18+/m1/s1. The summed E-state index contributed by atoms with van der Waals surface area (Å²) in [5.41, 5.74) is 1.21. The predicted molar refractivity (Wildman–Crippen MR) is 121 cm³/mol. The fraction of sp³-hybridized carbons (Fsp3) is 0.478. The SMILES string of the molecule is C[C@H](C(=O)Nc1cccc(NC(=O)[C@H]2CCCN(C(=O)N3CCCC3)C2)c1)n1cccn1. The number of piperidine rings is 1. The third kappa shape index (κ3) is 5.09. The molecule has 2 N–H and O–H groups in total. The second-order valence-corrected chi connectivity index (χ2v) is 8.48. The van der Waals surface area contributed by atoms with Crippen LogP contribution in [0.5, 0.6) is 0 Å². The molecular formula is C23H30N6O3. The lowest BCUT2D eigenvalue weighted by molar-refractivity contribution is -0.121. The molecule has 4 rings (SSSR count). The zero-order valence-electron chi connectivity index (χ0n) is 18.4. The minimum Gasteiger partial charge on any atom is -0.326 e. The van der Waals surface area contributed by atoms with E-state index in [1.54, 1.807) is 54.3 Å². The highest BCUT2D eigenvalue weighted by Gasteiger charge is 2.31. The first kappa shape index (κ1) is 21.9. The fourth-order valence-electron chi connectivity index (χ4n) is 4.27. The summed E-state index contributed by atoms with van der Waals surface area (Å²) < 4.78 is 1.58. The third-order valence-electron chi connectivity index (χ3n) is 6.14. The van der Waals surface area contributed by atoms with Crippen LogP contribution in [-0.2, 0) is 9.59 Å². The van der Waals surface area contributed by atoms with Gasteiger partial charge in [-0.2, -0.15) is 5.10 Å². The molecule has 0 bridgehead atoms. The van der Waals surface area contributed by atoms with Gasteiger partial charge in [0, 0.05) is 49.9 Å². The molecule has 0 radical (unpaired) electrons. The molecule has 2 aliphatic rings. The van der Waals surface area contributed by atoms with Crippen LogP contribution in [-0.4, -0.2) is 63.6 Å². The van der Waals surface area contributed by atoms with Crippen molar-refractivity contribution in [3.63, 3.8) is 0 Å². The maximum absolute atomic E-state index is 12.9. The summed E-state index contributed by atoms with van der Waals surface area (Å²) in [5.74, 6) is -0.536. The lowest BCUT2D eigenvalue weighted by Gasteiger charge is -2.34. The molecule has 4 amide bonds. The highest BCUT2D eigenvalue weighted by molar-refractivity contribution is 5.96. The quantitative estimate of drug-likeness (QED) is 0.750. The molecule has 0 aliphatic carbocycles. The molecule has 2 saturated heterocycles. The van der Waals surface area contributed by atoms with Crippen LogP contribution in [0.2, 0.25) is 0 Å². The second kappa shape index (κ2) is 9.84. The lowest BCUT2D eigenvalue weighted by Crippen LogP contribution is -2.48. The van der Waals surface area contributed by atoms with Crippen molar-refractivity contribution >= 4 is 29.2 Å². The van der Waals surface area contributed by atoms with Gasteiger partial charge < -0.3 is 20.4 Å². The fourth-order valence-corrected chi connectivity index (χ4v) is 4.27. The van der Waals surface area contributed by atoms with E-state index in [1.807, 2.05) is 9.80 Å². The Balaban J connectivity index is 1.34. The molecule has 9 heteroatoms. The molecular weight excluding hydrogens is 408 g/mol. The molecule has 2 aromatic rings. The number of amides is 4. The summed E-state index contributed by atoms with van der Waals surface area (Å²) in [5, 5.41) is 9.92. The smallest absolute Gasteiger partial charge is 0.320 e. The highest BCUT2D eigenvalue weighted by Crippen LogP contribution is 2.23. The molecule has 2 atom stereocenters. The van der Waals surface area contributed by atoms with Crippen molar-refractivity contribution in [3.05, 3.63) is 42.7 Å². The van der Waals surface area contributed by atoms with Crippen LogP contribution in [0.25, 0.3) is 0 Å². The second-order valence-electron chi connectivity index (χ2n) is 8.48. The zero-order valence-corrected chi connectivity index (χ0v) is 18.4. The molecule has 32 heavy (non-hydrogen) atoms. The maximum Gasteiger partial charge on any atom is 0.320 e. The van der Waals surface area contributed by atoms with E-state index in [4.69, 9.17) is 0 Å². The van der Waals surface area contributed by atoms with E-state index in [0.29, 0.717) is 24.5 Å². The summed E-state index contributed by atoms with van der Waals surface area (Å²) in [6.45, 7) is 4.54. The molecule has 0 spiro atoms. The van der Waals surface area contributed by atoms with Gasteiger partial charge in [-0.05, 0) is 56.9 Å². The summed E-state index contributed by atoms with van der Waals surface area (Å²) in [6, 6.07) is 8.46. The topological polar surface area (TPSA) is 99.6 Å². The van der Waals surface area contributed by atoms with Gasteiger partial charge in [0.05, 0.1) is 5.92 Å². The van der Waals surface area contributed by atoms with Gasteiger partial charge in [-0.3, -0.25) is 14.3 Å². The molecule has 2 fully saturated rings. The van der Waals surface area contributed by atoms with Crippen LogP contribution in [0.4, 0.5) is 16.2 Å². The van der Waals surface area contributed by atoms with Crippen molar-refractivity contribution in [2.45, 2.75) is 38.6 Å². The van der Waals surface area contributed by atoms with E-state index in [-0.39, 0.29) is 23.8 Å². The number of benzene rings is 1. The molecule has 0 saturated carbocycles. The van der Waals surface area contributed by atoms with Gasteiger partial charge in [-0.15, -0.1) is 0 Å². The van der Waals surface area contributed by atoms with Gasteiger partial charge in [0.25, 0.3) is 0 Å². The number of hydrogen-bond acceptors (Lipinski definition) is 4. The monoisotopic (exact) mass is 438 g/mol. The van der Waals surface area contributed by atoms with Gasteiger partial charge >= 0.3 is 6.03 Å². The van der Waals surface area contributed by atoms with E-state index in [9.17, 15) is 14.4 Å². The number of nitrogens with one attached hydrogen (secondary N) is 2. The maximum atomic E-state index is 12.9. The third-order valence-corrected chi connectivity index (χ3v) is 6.14. The van der Waals surface area contributed by atoms with Crippen molar-refractivity contribution in [1.29, 1.82) is 0 Å². The number of carbonyl (C=O) groups is 3. The molecule has 1 aromatic carbocycles. The van der Waals surface area contributed by atoms with E-state index < -0.39 is 6.04 Å². The largest absolute Gasteiger partial charge is 0.326 e. The Morgan fingerprint density at radius 3 is 2.44 bits per heavy atom. The van der Waals surface area contributed by atoms with Crippen LogP contribution in [0.3, 0.4) is 0 Å². The van der Waals surface area contributed by atoms with Gasteiger partial charge in [0.15, 0.2) is 0 Å². The van der Waals surface area contributed by atoms with Crippen molar-refractivity contribution in [2.75, 3.05) is 36.8 Å². The van der Waals surface area contributed by atoms with Gasteiger partial charge in [0.1, 0.15) is 6.04 Å². The number of urea groups is 1. The lowest BCUT2D eigenvalue weighted by atomic mass is 9.97. The van der Waals surface area contributed by atoms with E-state index in [2.05, 4.69) is 15.7 Å². The van der Waals surface area contributed by atoms with Crippen molar-refractivity contribution < 1.29 is 14.4 Å². The summed E-state index contributed by atoms with van der Waals surface area (Å²) >= 11 is 0. The first-order valence-electron chi connectivity index (χ1n) is 11.3. The normalized spacial score (nSPS) is 19.5. The van der Waals surface area contributed by atoms with E-state index in [0.717, 1.165) is 38.8 Å². The Morgan fingerprint density at radius 1 is 1.00 bits per heavy atom. The highest BCUT2D eigenvalue weighted by atomic mass is 16.2. The van der Waals surface area contributed by atoms with Gasteiger partial charge in [0.2, 0.25) is 11.8 Å². The minimum absolute atomic E-state index is 0.0519. The number of rotatable bonds is 5. The van der Waals surface area contributed by atoms with Crippen molar-refractivity contribution in [1.82, 2.24) is 19.6 Å². The number of aromatic nitrogens is 2. The zero-order chi connectivity index (χ0) is 22.5. The number of anilines is 2. The first-order chi connectivity index (χ1) is 15.5. The molecule has 9 nitrogen and oxygen atoms in total. The van der Waals surface area contributed by atoms with Gasteiger partial charge in [-0.1, -0.05) is 6.07 Å². The van der Waals surface area contributed by atoms with Crippen molar-refractivity contribution in [2.24, 2.45) is 5.92 Å². The van der Waals surface area contributed by atoms with Crippen LogP contribution in [0, 0.1) is 5.92 Å². The molecule has 0 unspecified atom stereocenters. The van der Waals surface area contributed by atoms with Crippen LogP contribution >= 0.6 is 0 Å². The predicted octanol–water partition coefficient (Wildman–Crippen LogP) is 2.95. The Kier molecular flexibility index (Phi) is 6.72. The average molecular weight is 439 g/mol. The number of hydrogen-bond donors (Lipinski definition) is 2. The summed E-state index contributed by atoms with van der Waals surface area (Å²) in [7, 11) is 0. The molecule has 2 aliphatic heterocycles. The summed E-state index contributed by atoms with van der Waals surface area (Å²) in [4.78, 5) is 41.8. The van der Waals surface area contributed by atoms with Crippen LogP contribution in [0.15, 0.2) is 42.7 Å². The Labute approximate surface area is 187 Å². The van der Waals surface area contributed by atoms with Crippen LogP contribution in [0.1, 0.15) is 38.6 Å². The number of nitrogens with zero attached hydrogens (tertiary/aromatic N) is 4. The number of carbonyl (C=O) groups excluding carboxylic acids is 3. The van der Waals surface area contributed by atoms with E-state index in [1.165, 1.54) is 0 Å². The Hall–Kier alpha value is -3.36. The average Bonchev–Trinajstić information content (AvgIpc) is 3.53. The molecule has 3 heterocycles. The van der Waals surface area contributed by atoms with Gasteiger partial charge in [-0.25, -0.2) is 4.79 Å². The number of likely N-dealkylation sites (tertiary alicyclic amines) is 2. The molecule has 170 valence electrons. The summed E-state index contributed by atoms with van der Waals surface area (Å²) in [6.07, 6.45) is 7.05. The Bertz CT molecular complexity index is 954. The van der Waals surface area contributed by atoms with Crippen LogP contribution < -0.4 is 10.6 Å². The molecule has 1 aromatic heterocycles. The minimum atomic E-state index is -0.454. The van der Waals surface area contributed by atoms with E-state index >= 15 is 0 Å². The first-order valence-corrected chi connectivity index (χ1v) is 11.3. The Morgan fingerprint density at radius 2 is 1.72 bits per heavy atom.